The fourth-order valence-electron chi connectivity index (χ4n) is 2.26. The zero-order chi connectivity index (χ0) is 17.4. The molecule has 0 saturated heterocycles. The zero-order valence-corrected chi connectivity index (χ0v) is 13.9. The van der Waals surface area contributed by atoms with E-state index in [0.29, 0.717) is 11.3 Å². The van der Waals surface area contributed by atoms with Crippen LogP contribution in [0.1, 0.15) is 42.8 Å². The quantitative estimate of drug-likeness (QED) is 0.767. The lowest BCUT2D eigenvalue weighted by atomic mass is 10.2. The van der Waals surface area contributed by atoms with E-state index in [1.54, 1.807) is 36.4 Å². The first-order valence-electron chi connectivity index (χ1n) is 8.02. The maximum Gasteiger partial charge on any atom is 0.268 e. The maximum absolute atomic E-state index is 12.5. The van der Waals surface area contributed by atoms with Gasteiger partial charge in [0.15, 0.2) is 0 Å². The number of furan rings is 1. The standard InChI is InChI=1S/C19H22N2O3/c1-3-8-14(2)20-19(23)17(13-16-11-7-12-24-16)21-18(22)15-9-5-4-6-10-15/h4-7,9-14H,3,8H2,1-2H3,(H,20,23)(H,21,22)/b17-13-. The molecule has 1 aromatic carbocycles. The largest absolute Gasteiger partial charge is 0.465 e. The molecule has 0 aliphatic carbocycles. The van der Waals surface area contributed by atoms with Gasteiger partial charge < -0.3 is 15.1 Å². The van der Waals surface area contributed by atoms with Crippen LogP contribution >= 0.6 is 0 Å². The summed E-state index contributed by atoms with van der Waals surface area (Å²) < 4.78 is 5.25. The van der Waals surface area contributed by atoms with Gasteiger partial charge in [0.25, 0.3) is 11.8 Å². The number of nitrogens with one attached hydrogen (secondary N) is 2. The van der Waals surface area contributed by atoms with Gasteiger partial charge in [0, 0.05) is 17.7 Å². The van der Waals surface area contributed by atoms with Crippen molar-refractivity contribution in [1.82, 2.24) is 10.6 Å². The summed E-state index contributed by atoms with van der Waals surface area (Å²) in [4.78, 5) is 24.8. The molecule has 0 radical (unpaired) electrons. The van der Waals surface area contributed by atoms with Crippen LogP contribution in [0.25, 0.3) is 6.08 Å². The fraction of sp³-hybridized carbons (Fsp3) is 0.263. The van der Waals surface area contributed by atoms with Crippen LogP contribution < -0.4 is 10.6 Å². The van der Waals surface area contributed by atoms with Crippen LogP contribution in [-0.4, -0.2) is 17.9 Å². The minimum absolute atomic E-state index is 0.0242. The molecule has 24 heavy (non-hydrogen) atoms. The van der Waals surface area contributed by atoms with E-state index >= 15 is 0 Å². The number of rotatable bonds is 7. The normalized spacial score (nSPS) is 12.5. The Kier molecular flexibility index (Phi) is 6.37. The number of amides is 2. The second kappa shape index (κ2) is 8.72. The Morgan fingerprint density at radius 3 is 2.54 bits per heavy atom. The smallest absolute Gasteiger partial charge is 0.268 e. The minimum atomic E-state index is -0.341. The monoisotopic (exact) mass is 326 g/mol. The molecule has 5 nitrogen and oxygen atoms in total. The predicted octanol–water partition coefficient (Wildman–Crippen LogP) is 3.36. The fourth-order valence-corrected chi connectivity index (χ4v) is 2.26. The van der Waals surface area contributed by atoms with Crippen LogP contribution in [0.3, 0.4) is 0 Å². The van der Waals surface area contributed by atoms with Crippen molar-refractivity contribution in [3.63, 3.8) is 0 Å². The van der Waals surface area contributed by atoms with Crippen LogP contribution in [-0.2, 0) is 4.79 Å². The van der Waals surface area contributed by atoms with Gasteiger partial charge in [-0.3, -0.25) is 9.59 Å². The molecule has 126 valence electrons. The Balaban J connectivity index is 2.17. The Hall–Kier alpha value is -2.82. The molecule has 0 bridgehead atoms. The number of hydrogen-bond donors (Lipinski definition) is 2. The minimum Gasteiger partial charge on any atom is -0.465 e. The molecule has 1 atom stereocenters. The molecule has 0 aliphatic rings. The van der Waals surface area contributed by atoms with Crippen LogP contribution in [0.15, 0.2) is 58.8 Å². The van der Waals surface area contributed by atoms with Gasteiger partial charge in [-0.15, -0.1) is 0 Å². The summed E-state index contributed by atoms with van der Waals surface area (Å²) in [6.07, 6.45) is 4.87. The second-order valence-electron chi connectivity index (χ2n) is 5.56. The zero-order valence-electron chi connectivity index (χ0n) is 13.9. The molecule has 0 spiro atoms. The van der Waals surface area contributed by atoms with E-state index in [4.69, 9.17) is 4.42 Å². The van der Waals surface area contributed by atoms with Gasteiger partial charge in [0.2, 0.25) is 0 Å². The lowest BCUT2D eigenvalue weighted by Gasteiger charge is -2.15. The van der Waals surface area contributed by atoms with Crippen LogP contribution in [0.2, 0.25) is 0 Å². The van der Waals surface area contributed by atoms with E-state index < -0.39 is 0 Å². The molecular weight excluding hydrogens is 304 g/mol. The highest BCUT2D eigenvalue weighted by atomic mass is 16.3. The molecule has 2 aromatic rings. The average molecular weight is 326 g/mol. The Bertz CT molecular complexity index is 691. The Morgan fingerprint density at radius 1 is 1.17 bits per heavy atom. The molecule has 1 unspecified atom stereocenters. The third kappa shape index (κ3) is 5.12. The van der Waals surface area contributed by atoms with Crippen molar-refractivity contribution in [3.05, 3.63) is 65.7 Å². The van der Waals surface area contributed by atoms with Crippen LogP contribution in [0, 0.1) is 0 Å². The highest BCUT2D eigenvalue weighted by Gasteiger charge is 2.16. The number of carbonyl (C=O) groups is 2. The first-order valence-corrected chi connectivity index (χ1v) is 8.02. The van der Waals surface area contributed by atoms with Crippen molar-refractivity contribution >= 4 is 17.9 Å². The molecule has 0 fully saturated rings. The first kappa shape index (κ1) is 17.5. The highest BCUT2D eigenvalue weighted by Crippen LogP contribution is 2.08. The van der Waals surface area contributed by atoms with E-state index in [-0.39, 0.29) is 23.6 Å². The number of benzene rings is 1. The third-order valence-corrected chi connectivity index (χ3v) is 3.46. The van der Waals surface area contributed by atoms with Crippen molar-refractivity contribution in [1.29, 1.82) is 0 Å². The predicted molar refractivity (Wildman–Crippen MR) is 93.1 cm³/mol. The van der Waals surface area contributed by atoms with Gasteiger partial charge in [-0.1, -0.05) is 31.5 Å². The van der Waals surface area contributed by atoms with Gasteiger partial charge in [-0.2, -0.15) is 0 Å². The van der Waals surface area contributed by atoms with Crippen molar-refractivity contribution in [2.24, 2.45) is 0 Å². The van der Waals surface area contributed by atoms with Crippen molar-refractivity contribution < 1.29 is 14.0 Å². The average Bonchev–Trinajstić information content (AvgIpc) is 3.08. The summed E-state index contributed by atoms with van der Waals surface area (Å²) in [5.41, 5.74) is 0.638. The molecule has 0 aliphatic heterocycles. The number of carbonyl (C=O) groups excluding carboxylic acids is 2. The van der Waals surface area contributed by atoms with E-state index in [1.807, 2.05) is 13.0 Å². The summed E-state index contributed by atoms with van der Waals surface area (Å²) in [5, 5.41) is 5.56. The molecule has 2 N–H and O–H groups in total. The first-order chi connectivity index (χ1) is 11.6. The summed E-state index contributed by atoms with van der Waals surface area (Å²) in [6, 6.07) is 12.2. The topological polar surface area (TPSA) is 71.3 Å². The van der Waals surface area contributed by atoms with Gasteiger partial charge in [0.05, 0.1) is 6.26 Å². The Labute approximate surface area is 141 Å². The molecule has 2 amide bonds. The lowest BCUT2D eigenvalue weighted by molar-refractivity contribution is -0.118. The van der Waals surface area contributed by atoms with Crippen molar-refractivity contribution in [2.45, 2.75) is 32.7 Å². The van der Waals surface area contributed by atoms with Crippen molar-refractivity contribution in [3.8, 4) is 0 Å². The van der Waals surface area contributed by atoms with Gasteiger partial charge in [0.1, 0.15) is 11.5 Å². The van der Waals surface area contributed by atoms with E-state index in [0.717, 1.165) is 12.8 Å². The van der Waals surface area contributed by atoms with E-state index in [1.165, 1.54) is 12.3 Å². The summed E-state index contributed by atoms with van der Waals surface area (Å²) in [5.74, 6) is -0.181. The third-order valence-electron chi connectivity index (χ3n) is 3.46. The maximum atomic E-state index is 12.5. The Morgan fingerprint density at radius 2 is 1.92 bits per heavy atom. The second-order valence-corrected chi connectivity index (χ2v) is 5.56. The SMILES string of the molecule is CCCC(C)NC(=O)/C(=C/c1ccco1)NC(=O)c1ccccc1. The van der Waals surface area contributed by atoms with E-state index in [9.17, 15) is 9.59 Å². The van der Waals surface area contributed by atoms with E-state index in [2.05, 4.69) is 17.6 Å². The summed E-state index contributed by atoms with van der Waals surface area (Å²) in [6.45, 7) is 3.99. The van der Waals surface area contributed by atoms with Crippen LogP contribution in [0.5, 0.6) is 0 Å². The molecule has 5 heteroatoms. The van der Waals surface area contributed by atoms with Gasteiger partial charge in [-0.25, -0.2) is 0 Å². The summed E-state index contributed by atoms with van der Waals surface area (Å²) >= 11 is 0. The van der Waals surface area contributed by atoms with Gasteiger partial charge in [-0.05, 0) is 37.6 Å². The molecule has 1 heterocycles. The molecule has 0 saturated carbocycles. The molecular formula is C19H22N2O3. The molecule has 1 aromatic heterocycles. The number of hydrogen-bond acceptors (Lipinski definition) is 3. The lowest BCUT2D eigenvalue weighted by Crippen LogP contribution is -2.39. The van der Waals surface area contributed by atoms with Crippen molar-refractivity contribution in [2.75, 3.05) is 0 Å². The highest BCUT2D eigenvalue weighted by molar-refractivity contribution is 6.05. The van der Waals surface area contributed by atoms with Crippen LogP contribution in [0.4, 0.5) is 0 Å². The summed E-state index contributed by atoms with van der Waals surface area (Å²) in [7, 11) is 0. The molecule has 2 rings (SSSR count). The van der Waals surface area contributed by atoms with Gasteiger partial charge >= 0.3 is 0 Å².